The molecule has 0 unspecified atom stereocenters. The average molecular weight is 237 g/mol. The number of hydrogen-bond acceptors (Lipinski definition) is 4. The van der Waals surface area contributed by atoms with E-state index in [-0.39, 0.29) is 11.3 Å². The van der Waals surface area contributed by atoms with Crippen molar-refractivity contribution in [1.29, 1.82) is 0 Å². The summed E-state index contributed by atoms with van der Waals surface area (Å²) in [6, 6.07) is 4.95. The quantitative estimate of drug-likeness (QED) is 0.768. The Balaban J connectivity index is 2.71. The molecule has 1 aromatic rings. The lowest BCUT2D eigenvalue weighted by molar-refractivity contribution is 0.0597. The van der Waals surface area contributed by atoms with E-state index in [2.05, 4.69) is 23.9 Å². The lowest BCUT2D eigenvalue weighted by atomic mass is 10.1. The van der Waals surface area contributed by atoms with Crippen LogP contribution in [0.15, 0.2) is 18.2 Å². The van der Waals surface area contributed by atoms with Gasteiger partial charge in [0, 0.05) is 6.54 Å². The molecule has 0 fully saturated rings. The van der Waals surface area contributed by atoms with Crippen molar-refractivity contribution in [3.8, 4) is 5.75 Å². The Labute approximate surface area is 102 Å². The molecule has 0 bridgehead atoms. The van der Waals surface area contributed by atoms with Crippen LogP contribution in [0, 0.1) is 5.92 Å². The number of carbonyl (C=O) groups excluding carboxylic acids is 1. The minimum atomic E-state index is -0.520. The van der Waals surface area contributed by atoms with Gasteiger partial charge in [-0.05, 0) is 30.2 Å². The molecule has 0 atom stereocenters. The Bertz CT molecular complexity index is 388. The Morgan fingerprint density at radius 1 is 1.47 bits per heavy atom. The van der Waals surface area contributed by atoms with E-state index in [0.717, 1.165) is 12.1 Å². The molecule has 17 heavy (non-hydrogen) atoms. The fourth-order valence-corrected chi connectivity index (χ4v) is 1.47. The zero-order chi connectivity index (χ0) is 12.8. The van der Waals surface area contributed by atoms with Gasteiger partial charge in [0.1, 0.15) is 11.3 Å². The molecular weight excluding hydrogens is 218 g/mol. The van der Waals surface area contributed by atoms with Crippen LogP contribution in [0.3, 0.4) is 0 Å². The van der Waals surface area contributed by atoms with Crippen molar-refractivity contribution in [3.05, 3.63) is 29.3 Å². The van der Waals surface area contributed by atoms with Crippen LogP contribution in [0.1, 0.15) is 29.8 Å². The predicted molar refractivity (Wildman–Crippen MR) is 66.0 cm³/mol. The van der Waals surface area contributed by atoms with Crippen LogP contribution in [0.25, 0.3) is 0 Å². The van der Waals surface area contributed by atoms with Gasteiger partial charge >= 0.3 is 5.97 Å². The topological polar surface area (TPSA) is 58.6 Å². The number of ether oxygens (including phenoxy) is 1. The number of nitrogens with one attached hydrogen (secondary N) is 1. The van der Waals surface area contributed by atoms with E-state index in [4.69, 9.17) is 0 Å². The van der Waals surface area contributed by atoms with Gasteiger partial charge in [0.25, 0.3) is 0 Å². The van der Waals surface area contributed by atoms with E-state index >= 15 is 0 Å². The highest BCUT2D eigenvalue weighted by Crippen LogP contribution is 2.19. The Morgan fingerprint density at radius 2 is 2.18 bits per heavy atom. The van der Waals surface area contributed by atoms with E-state index in [1.165, 1.54) is 13.2 Å². The van der Waals surface area contributed by atoms with Crippen molar-refractivity contribution >= 4 is 5.97 Å². The molecule has 0 amide bonds. The highest BCUT2D eigenvalue weighted by atomic mass is 16.5. The third-order valence-corrected chi connectivity index (χ3v) is 2.35. The summed E-state index contributed by atoms with van der Waals surface area (Å²) in [6.07, 6.45) is 0. The summed E-state index contributed by atoms with van der Waals surface area (Å²) in [7, 11) is 1.30. The monoisotopic (exact) mass is 237 g/mol. The van der Waals surface area contributed by atoms with Gasteiger partial charge in [0.15, 0.2) is 0 Å². The van der Waals surface area contributed by atoms with Crippen LogP contribution < -0.4 is 5.32 Å². The van der Waals surface area contributed by atoms with Crippen LogP contribution in [-0.4, -0.2) is 24.7 Å². The lowest BCUT2D eigenvalue weighted by Crippen LogP contribution is -2.19. The molecule has 0 heterocycles. The maximum Gasteiger partial charge on any atom is 0.341 e. The Hall–Kier alpha value is -1.55. The third-order valence-electron chi connectivity index (χ3n) is 2.35. The van der Waals surface area contributed by atoms with E-state index < -0.39 is 5.97 Å². The standard InChI is InChI=1S/C13H19NO3/c1-9(2)7-14-8-10-4-5-12(15)11(6-10)13(16)17-3/h4-6,9,14-15H,7-8H2,1-3H3. The number of carbonyl (C=O) groups is 1. The molecule has 0 aliphatic carbocycles. The molecule has 0 saturated carbocycles. The number of methoxy groups -OCH3 is 1. The molecular formula is C13H19NO3. The van der Waals surface area contributed by atoms with Gasteiger partial charge in [-0.3, -0.25) is 0 Å². The first-order chi connectivity index (χ1) is 8.04. The molecule has 0 spiro atoms. The van der Waals surface area contributed by atoms with Crippen molar-refractivity contribution in [2.75, 3.05) is 13.7 Å². The van der Waals surface area contributed by atoms with Crippen molar-refractivity contribution in [1.82, 2.24) is 5.32 Å². The minimum absolute atomic E-state index is 0.0514. The lowest BCUT2D eigenvalue weighted by Gasteiger charge is -2.09. The van der Waals surface area contributed by atoms with E-state index in [1.54, 1.807) is 12.1 Å². The molecule has 4 nitrogen and oxygen atoms in total. The normalized spacial score (nSPS) is 10.6. The largest absolute Gasteiger partial charge is 0.507 e. The summed E-state index contributed by atoms with van der Waals surface area (Å²) in [4.78, 5) is 11.4. The fraction of sp³-hybridized carbons (Fsp3) is 0.462. The molecule has 1 rings (SSSR count). The fourth-order valence-electron chi connectivity index (χ4n) is 1.47. The highest BCUT2D eigenvalue weighted by molar-refractivity contribution is 5.92. The van der Waals surface area contributed by atoms with Crippen LogP contribution >= 0.6 is 0 Å². The molecule has 0 aliphatic heterocycles. The van der Waals surface area contributed by atoms with E-state index in [1.807, 2.05) is 0 Å². The van der Waals surface area contributed by atoms with Gasteiger partial charge in [-0.1, -0.05) is 19.9 Å². The third kappa shape index (κ3) is 4.07. The number of hydrogen-bond donors (Lipinski definition) is 2. The second-order valence-corrected chi connectivity index (χ2v) is 4.37. The summed E-state index contributed by atoms with van der Waals surface area (Å²) in [6.45, 7) is 5.84. The van der Waals surface area contributed by atoms with Crippen molar-refractivity contribution in [3.63, 3.8) is 0 Å². The Kier molecular flexibility index (Phi) is 4.97. The predicted octanol–water partition coefficient (Wildman–Crippen LogP) is 1.92. The molecule has 2 N–H and O–H groups in total. The van der Waals surface area contributed by atoms with Gasteiger partial charge in [0.2, 0.25) is 0 Å². The zero-order valence-corrected chi connectivity index (χ0v) is 10.5. The maximum atomic E-state index is 11.4. The molecule has 94 valence electrons. The van der Waals surface area contributed by atoms with Crippen LogP contribution in [0.5, 0.6) is 5.75 Å². The average Bonchev–Trinajstić information content (AvgIpc) is 2.30. The molecule has 0 aliphatic rings. The number of rotatable bonds is 5. The minimum Gasteiger partial charge on any atom is -0.507 e. The first kappa shape index (κ1) is 13.5. The first-order valence-electron chi connectivity index (χ1n) is 5.65. The number of esters is 1. The zero-order valence-electron chi connectivity index (χ0n) is 10.5. The van der Waals surface area contributed by atoms with Gasteiger partial charge in [-0.15, -0.1) is 0 Å². The number of phenols is 1. The summed E-state index contributed by atoms with van der Waals surface area (Å²) in [5, 5.41) is 12.8. The van der Waals surface area contributed by atoms with Crippen molar-refractivity contribution in [2.45, 2.75) is 20.4 Å². The summed E-state index contributed by atoms with van der Waals surface area (Å²) < 4.78 is 4.60. The molecule has 1 aromatic carbocycles. The number of phenolic OH excluding ortho intramolecular Hbond substituents is 1. The Morgan fingerprint density at radius 3 is 2.76 bits per heavy atom. The van der Waals surface area contributed by atoms with Gasteiger partial charge < -0.3 is 15.2 Å². The van der Waals surface area contributed by atoms with Gasteiger partial charge in [0.05, 0.1) is 7.11 Å². The van der Waals surface area contributed by atoms with E-state index in [0.29, 0.717) is 12.5 Å². The number of aromatic hydroxyl groups is 1. The van der Waals surface area contributed by atoms with Crippen LogP contribution in [-0.2, 0) is 11.3 Å². The molecule has 0 aromatic heterocycles. The first-order valence-corrected chi connectivity index (χ1v) is 5.65. The summed E-state index contributed by atoms with van der Waals surface area (Å²) in [5.41, 5.74) is 1.15. The number of benzene rings is 1. The van der Waals surface area contributed by atoms with Gasteiger partial charge in [-0.25, -0.2) is 4.79 Å². The second kappa shape index (κ2) is 6.25. The van der Waals surface area contributed by atoms with Crippen molar-refractivity contribution in [2.24, 2.45) is 5.92 Å². The van der Waals surface area contributed by atoms with Crippen molar-refractivity contribution < 1.29 is 14.6 Å². The van der Waals surface area contributed by atoms with Crippen LogP contribution in [0.4, 0.5) is 0 Å². The maximum absolute atomic E-state index is 11.4. The molecule has 0 radical (unpaired) electrons. The second-order valence-electron chi connectivity index (χ2n) is 4.37. The van der Waals surface area contributed by atoms with Gasteiger partial charge in [-0.2, -0.15) is 0 Å². The molecule has 0 saturated heterocycles. The SMILES string of the molecule is COC(=O)c1cc(CNCC(C)C)ccc1O. The summed E-state index contributed by atoms with van der Waals surface area (Å²) in [5.74, 6) is 0.00450. The van der Waals surface area contributed by atoms with Crippen LogP contribution in [0.2, 0.25) is 0 Å². The smallest absolute Gasteiger partial charge is 0.341 e. The highest BCUT2D eigenvalue weighted by Gasteiger charge is 2.11. The summed E-state index contributed by atoms with van der Waals surface area (Å²) >= 11 is 0. The molecule has 4 heteroatoms. The van der Waals surface area contributed by atoms with E-state index in [9.17, 15) is 9.90 Å².